The summed E-state index contributed by atoms with van der Waals surface area (Å²) >= 11 is 0. The Hall–Kier alpha value is -6.12. The van der Waals surface area contributed by atoms with Gasteiger partial charge in [-0.3, -0.25) is 0 Å². The molecule has 5 aromatic carbocycles. The Bertz CT molecular complexity index is 2310. The van der Waals surface area contributed by atoms with Gasteiger partial charge in [-0.2, -0.15) is 0 Å². The molecule has 0 heterocycles. The molecule has 0 radical (unpaired) electrons. The van der Waals surface area contributed by atoms with Crippen LogP contribution in [0.4, 0.5) is 5.69 Å². The zero-order valence-electron chi connectivity index (χ0n) is 32.2. The average molecular weight is 705 g/mol. The van der Waals surface area contributed by atoms with E-state index in [-0.39, 0.29) is 6.17 Å². The van der Waals surface area contributed by atoms with E-state index in [1.165, 1.54) is 44.2 Å². The lowest BCUT2D eigenvalue weighted by Gasteiger charge is -2.27. The third-order valence-corrected chi connectivity index (χ3v) is 10.2. The molecule has 0 spiro atoms. The highest BCUT2D eigenvalue weighted by Crippen LogP contribution is 2.36. The van der Waals surface area contributed by atoms with Gasteiger partial charge < -0.3 is 10.6 Å². The first-order valence-corrected chi connectivity index (χ1v) is 18.9. The van der Waals surface area contributed by atoms with Crippen LogP contribution in [0, 0.1) is 5.92 Å². The normalized spacial score (nSPS) is 15.4. The van der Waals surface area contributed by atoms with Crippen molar-refractivity contribution in [2.45, 2.75) is 46.7 Å². The van der Waals surface area contributed by atoms with Crippen LogP contribution in [0.2, 0.25) is 0 Å². The SMILES string of the molecule is C=C/C=C\C=C/C/C(C)=C(/NC(Nc1ccccc1C(=C)C)c1ccc(-c2ccc3cc(C4=CC=C(C(=C)C)C(C)C4)ccc3c2)cc1)c1ccccc1. The summed E-state index contributed by atoms with van der Waals surface area (Å²) < 4.78 is 0. The van der Waals surface area contributed by atoms with Crippen molar-refractivity contribution in [3.63, 3.8) is 0 Å². The first-order chi connectivity index (χ1) is 26.2. The van der Waals surface area contributed by atoms with Crippen LogP contribution in [0.25, 0.3) is 38.7 Å². The van der Waals surface area contributed by atoms with Crippen molar-refractivity contribution in [1.82, 2.24) is 5.32 Å². The van der Waals surface area contributed by atoms with Gasteiger partial charge >= 0.3 is 0 Å². The Balaban J connectivity index is 1.32. The molecule has 1 aliphatic rings. The van der Waals surface area contributed by atoms with Crippen molar-refractivity contribution in [3.05, 3.63) is 217 Å². The molecule has 2 unspecified atom stereocenters. The van der Waals surface area contributed by atoms with Gasteiger partial charge in [-0.15, -0.1) is 0 Å². The highest BCUT2D eigenvalue weighted by molar-refractivity contribution is 5.90. The van der Waals surface area contributed by atoms with Crippen LogP contribution in [-0.2, 0) is 0 Å². The minimum atomic E-state index is -0.220. The van der Waals surface area contributed by atoms with Gasteiger partial charge in [-0.1, -0.05) is 172 Å². The maximum absolute atomic E-state index is 4.27. The first-order valence-electron chi connectivity index (χ1n) is 18.9. The van der Waals surface area contributed by atoms with Crippen molar-refractivity contribution in [3.8, 4) is 11.1 Å². The fourth-order valence-corrected chi connectivity index (χ4v) is 7.24. The fourth-order valence-electron chi connectivity index (χ4n) is 7.24. The van der Waals surface area contributed by atoms with E-state index in [0.717, 1.165) is 52.1 Å². The van der Waals surface area contributed by atoms with Crippen LogP contribution in [0.1, 0.15) is 69.0 Å². The smallest absolute Gasteiger partial charge is 0.123 e. The highest BCUT2D eigenvalue weighted by Gasteiger charge is 2.19. The second-order valence-corrected chi connectivity index (χ2v) is 14.4. The number of hydrogen-bond acceptors (Lipinski definition) is 2. The predicted octanol–water partition coefficient (Wildman–Crippen LogP) is 14.3. The molecular formula is C52H52N2. The number of hydrogen-bond donors (Lipinski definition) is 2. The third kappa shape index (κ3) is 9.08. The summed E-state index contributed by atoms with van der Waals surface area (Å²) in [5.41, 5.74) is 15.3. The Morgan fingerprint density at radius 3 is 2.07 bits per heavy atom. The second kappa shape index (κ2) is 17.6. The van der Waals surface area contributed by atoms with E-state index in [4.69, 9.17) is 0 Å². The zero-order chi connectivity index (χ0) is 38.0. The van der Waals surface area contributed by atoms with Gasteiger partial charge in [0.05, 0.1) is 0 Å². The lowest BCUT2D eigenvalue weighted by molar-refractivity contribution is 0.705. The first kappa shape index (κ1) is 37.6. The monoisotopic (exact) mass is 704 g/mol. The van der Waals surface area contributed by atoms with Gasteiger partial charge in [0.1, 0.15) is 6.17 Å². The van der Waals surface area contributed by atoms with E-state index in [1.54, 1.807) is 6.08 Å². The van der Waals surface area contributed by atoms with Gasteiger partial charge in [0, 0.05) is 11.4 Å². The van der Waals surface area contributed by atoms with Crippen LogP contribution in [-0.4, -0.2) is 0 Å². The topological polar surface area (TPSA) is 24.1 Å². The molecule has 1 aliphatic carbocycles. The third-order valence-electron chi connectivity index (χ3n) is 10.2. The maximum atomic E-state index is 4.27. The lowest BCUT2D eigenvalue weighted by Crippen LogP contribution is -2.28. The molecule has 54 heavy (non-hydrogen) atoms. The number of allylic oxidation sites excluding steroid dienone is 12. The van der Waals surface area contributed by atoms with Crippen molar-refractivity contribution in [1.29, 1.82) is 0 Å². The zero-order valence-corrected chi connectivity index (χ0v) is 32.2. The Morgan fingerprint density at radius 2 is 1.39 bits per heavy atom. The molecular weight excluding hydrogens is 653 g/mol. The van der Waals surface area contributed by atoms with Crippen LogP contribution in [0.5, 0.6) is 0 Å². The molecule has 0 amide bonds. The highest BCUT2D eigenvalue weighted by atomic mass is 15.1. The van der Waals surface area contributed by atoms with Crippen LogP contribution >= 0.6 is 0 Å². The van der Waals surface area contributed by atoms with Gasteiger partial charge in [0.2, 0.25) is 0 Å². The number of fused-ring (bicyclic) bond motifs is 1. The molecule has 2 atom stereocenters. The number of rotatable bonds is 14. The second-order valence-electron chi connectivity index (χ2n) is 14.4. The summed E-state index contributed by atoms with van der Waals surface area (Å²) in [6.07, 6.45) is 16.1. The predicted molar refractivity (Wildman–Crippen MR) is 237 cm³/mol. The summed E-state index contributed by atoms with van der Waals surface area (Å²) in [6.45, 7) is 20.9. The van der Waals surface area contributed by atoms with E-state index in [2.05, 4.69) is 198 Å². The van der Waals surface area contributed by atoms with Crippen molar-refractivity contribution < 1.29 is 0 Å². The van der Waals surface area contributed by atoms with E-state index in [1.807, 2.05) is 12.2 Å². The number of anilines is 1. The van der Waals surface area contributed by atoms with Crippen LogP contribution in [0.15, 0.2) is 194 Å². The van der Waals surface area contributed by atoms with E-state index >= 15 is 0 Å². The average Bonchev–Trinajstić information content (AvgIpc) is 3.19. The molecule has 6 rings (SSSR count). The maximum Gasteiger partial charge on any atom is 0.123 e. The quantitative estimate of drug-likeness (QED) is 0.0888. The van der Waals surface area contributed by atoms with Gasteiger partial charge in [0.25, 0.3) is 0 Å². The van der Waals surface area contributed by atoms with Crippen LogP contribution in [0.3, 0.4) is 0 Å². The lowest BCUT2D eigenvalue weighted by atomic mass is 9.83. The minimum absolute atomic E-state index is 0.220. The number of nitrogens with one attached hydrogen (secondary N) is 2. The molecule has 0 saturated carbocycles. The summed E-state index contributed by atoms with van der Waals surface area (Å²) in [4.78, 5) is 0. The molecule has 5 aromatic rings. The molecule has 0 bridgehead atoms. The van der Waals surface area contributed by atoms with E-state index in [9.17, 15) is 0 Å². The van der Waals surface area contributed by atoms with Crippen molar-refractivity contribution in [2.24, 2.45) is 5.92 Å². The molecule has 0 fully saturated rings. The number of benzene rings is 5. The largest absolute Gasteiger partial charge is 0.361 e. The Morgan fingerprint density at radius 1 is 0.722 bits per heavy atom. The number of para-hydroxylation sites is 1. The summed E-state index contributed by atoms with van der Waals surface area (Å²) in [5.74, 6) is 0.478. The standard InChI is InChI=1S/C52H52N2/c1-8-9-10-11-13-18-38(6)51(41-19-14-12-15-20-41)54-52(53-50-22-17-16-21-49(50)37(4)5)42-25-23-40(24-26-42)44-27-28-47-35-45(29-30-46(47)34-44)43-31-32-48(36(2)3)39(7)33-43/h8-17,19-32,34-35,39,52-54H,1-2,4,18,33H2,3,5-7H3/b10-9-,13-11-,51-38+. The molecule has 0 aromatic heterocycles. The summed E-state index contributed by atoms with van der Waals surface area (Å²) in [6, 6.07) is 41.6. The van der Waals surface area contributed by atoms with Crippen molar-refractivity contribution in [2.75, 3.05) is 5.32 Å². The molecule has 2 heteroatoms. The molecule has 0 saturated heterocycles. The minimum Gasteiger partial charge on any atom is -0.361 e. The Labute approximate surface area is 323 Å². The summed E-state index contributed by atoms with van der Waals surface area (Å²) in [7, 11) is 0. The van der Waals surface area contributed by atoms with Gasteiger partial charge in [-0.05, 0) is 124 Å². The molecule has 2 nitrogen and oxygen atoms in total. The van der Waals surface area contributed by atoms with E-state index in [0.29, 0.717) is 5.92 Å². The molecule has 270 valence electrons. The molecule has 2 N–H and O–H groups in total. The van der Waals surface area contributed by atoms with Gasteiger partial charge in [0.15, 0.2) is 0 Å². The van der Waals surface area contributed by atoms with E-state index < -0.39 is 0 Å². The molecule has 0 aliphatic heterocycles. The van der Waals surface area contributed by atoms with Gasteiger partial charge in [-0.25, -0.2) is 0 Å². The van der Waals surface area contributed by atoms with Crippen LogP contribution < -0.4 is 10.6 Å². The fraction of sp³-hybridized carbons (Fsp3) is 0.154. The summed E-state index contributed by atoms with van der Waals surface area (Å²) in [5, 5.41) is 10.3. The Kier molecular flexibility index (Phi) is 12.3. The van der Waals surface area contributed by atoms with Crippen molar-refractivity contribution >= 4 is 33.3 Å².